The number of carbonyl (C=O) groups is 1. The van der Waals surface area contributed by atoms with Crippen molar-refractivity contribution in [2.45, 2.75) is 36.1 Å². The van der Waals surface area contributed by atoms with Gasteiger partial charge < -0.3 is 0 Å². The van der Waals surface area contributed by atoms with E-state index < -0.39 is 0 Å². The molecule has 0 amide bonds. The Balaban J connectivity index is 1.83. The summed E-state index contributed by atoms with van der Waals surface area (Å²) in [6.07, 6.45) is 3.65. The van der Waals surface area contributed by atoms with Gasteiger partial charge in [0.05, 0.1) is 10.9 Å². The lowest BCUT2D eigenvalue weighted by Crippen LogP contribution is -2.21. The molecule has 1 aromatic heterocycles. The van der Waals surface area contributed by atoms with Crippen molar-refractivity contribution < 1.29 is 4.79 Å². The summed E-state index contributed by atoms with van der Waals surface area (Å²) < 4.78 is 1.64. The molecular weight excluding hydrogens is 296 g/mol. The molecule has 1 aliphatic carbocycles. The number of Topliss-reactive ketones (excluding diaryl/α,β-unsaturated/α-hetero) is 1. The summed E-state index contributed by atoms with van der Waals surface area (Å²) in [5, 5.41) is 13.0. The predicted molar refractivity (Wildman–Crippen MR) is 77.3 cm³/mol. The van der Waals surface area contributed by atoms with E-state index in [2.05, 4.69) is 15.5 Å². The summed E-state index contributed by atoms with van der Waals surface area (Å²) >= 11 is 7.33. The SMILES string of the molecule is O=C1CCCC[C@@H]1Sc1nnnn1-c1ccc(Cl)cc1. The Morgan fingerprint density at radius 2 is 2.05 bits per heavy atom. The van der Waals surface area contributed by atoms with E-state index in [-0.39, 0.29) is 5.25 Å². The van der Waals surface area contributed by atoms with Crippen LogP contribution in [0.2, 0.25) is 5.02 Å². The number of hydrogen-bond acceptors (Lipinski definition) is 5. The molecule has 0 bridgehead atoms. The highest BCUT2D eigenvalue weighted by Gasteiger charge is 2.25. The summed E-state index contributed by atoms with van der Waals surface area (Å²) in [7, 11) is 0. The molecule has 0 saturated heterocycles. The van der Waals surface area contributed by atoms with E-state index in [9.17, 15) is 4.79 Å². The van der Waals surface area contributed by atoms with E-state index in [0.717, 1.165) is 24.9 Å². The number of rotatable bonds is 3. The standard InChI is InChI=1S/C13H13ClN4OS/c14-9-5-7-10(8-6-9)18-13(15-16-17-18)20-12-4-2-1-3-11(12)19/h5-8,12H,1-4H2/t12-/m0/s1. The largest absolute Gasteiger partial charge is 0.298 e. The smallest absolute Gasteiger partial charge is 0.214 e. The fourth-order valence-electron chi connectivity index (χ4n) is 2.20. The molecule has 2 aromatic rings. The maximum absolute atomic E-state index is 11.9. The lowest BCUT2D eigenvalue weighted by atomic mass is 9.99. The van der Waals surface area contributed by atoms with Crippen molar-refractivity contribution in [2.24, 2.45) is 0 Å². The summed E-state index contributed by atoms with van der Waals surface area (Å²) in [4.78, 5) is 11.9. The molecule has 0 spiro atoms. The van der Waals surface area contributed by atoms with Crippen LogP contribution in [0.4, 0.5) is 0 Å². The molecule has 0 radical (unpaired) electrons. The highest BCUT2D eigenvalue weighted by atomic mass is 35.5. The first-order valence-electron chi connectivity index (χ1n) is 6.48. The third-order valence-corrected chi connectivity index (χ3v) is 4.76. The van der Waals surface area contributed by atoms with Crippen LogP contribution in [0.1, 0.15) is 25.7 Å². The normalized spacial score (nSPS) is 19.2. The van der Waals surface area contributed by atoms with E-state index >= 15 is 0 Å². The quantitative estimate of drug-likeness (QED) is 0.872. The number of carbonyl (C=O) groups excluding carboxylic acids is 1. The molecule has 0 N–H and O–H groups in total. The molecule has 1 saturated carbocycles. The molecule has 7 heteroatoms. The van der Waals surface area contributed by atoms with Gasteiger partial charge >= 0.3 is 0 Å². The van der Waals surface area contributed by atoms with Gasteiger partial charge in [-0.1, -0.05) is 29.8 Å². The first-order valence-corrected chi connectivity index (χ1v) is 7.73. The minimum absolute atomic E-state index is 0.0270. The van der Waals surface area contributed by atoms with Crippen LogP contribution in [0.25, 0.3) is 5.69 Å². The first kappa shape index (κ1) is 13.6. The molecule has 104 valence electrons. The number of hydrogen-bond donors (Lipinski definition) is 0. The molecule has 1 fully saturated rings. The lowest BCUT2D eigenvalue weighted by molar-refractivity contribution is -0.119. The second kappa shape index (κ2) is 5.93. The second-order valence-electron chi connectivity index (χ2n) is 4.67. The summed E-state index contributed by atoms with van der Waals surface area (Å²) in [5.41, 5.74) is 0.838. The zero-order valence-electron chi connectivity index (χ0n) is 10.7. The molecule has 1 aliphatic rings. The topological polar surface area (TPSA) is 60.7 Å². The van der Waals surface area contributed by atoms with E-state index in [4.69, 9.17) is 11.6 Å². The lowest BCUT2D eigenvalue weighted by Gasteiger charge is -2.18. The Labute approximate surface area is 125 Å². The van der Waals surface area contributed by atoms with Gasteiger partial charge in [-0.15, -0.1) is 5.10 Å². The highest BCUT2D eigenvalue weighted by molar-refractivity contribution is 8.00. The van der Waals surface area contributed by atoms with Crippen LogP contribution in [0, 0.1) is 0 Å². The first-order chi connectivity index (χ1) is 9.74. The zero-order chi connectivity index (χ0) is 13.9. The fraction of sp³-hybridized carbons (Fsp3) is 0.385. The van der Waals surface area contributed by atoms with Crippen molar-refractivity contribution in [1.82, 2.24) is 20.2 Å². The number of tetrazole rings is 1. The van der Waals surface area contributed by atoms with Gasteiger partial charge in [-0.3, -0.25) is 4.79 Å². The van der Waals surface area contributed by atoms with Crippen LogP contribution in [-0.4, -0.2) is 31.2 Å². The van der Waals surface area contributed by atoms with Gasteiger partial charge in [-0.25, -0.2) is 0 Å². The molecule has 1 aromatic carbocycles. The summed E-state index contributed by atoms with van der Waals surface area (Å²) in [5.74, 6) is 0.298. The van der Waals surface area contributed by atoms with E-state index in [1.807, 2.05) is 12.1 Å². The molecular formula is C13H13ClN4OS. The molecule has 20 heavy (non-hydrogen) atoms. The van der Waals surface area contributed by atoms with Crippen molar-refractivity contribution in [3.63, 3.8) is 0 Å². The third kappa shape index (κ3) is 2.86. The Bertz CT molecular complexity index is 613. The minimum atomic E-state index is -0.0270. The molecule has 1 heterocycles. The van der Waals surface area contributed by atoms with Crippen LogP contribution >= 0.6 is 23.4 Å². The average Bonchev–Trinajstić information content (AvgIpc) is 2.90. The number of halogens is 1. The fourth-order valence-corrected chi connectivity index (χ4v) is 3.44. The van der Waals surface area contributed by atoms with Gasteiger partial charge in [-0.2, -0.15) is 4.68 Å². The molecule has 0 aliphatic heterocycles. The molecule has 3 rings (SSSR count). The third-order valence-electron chi connectivity index (χ3n) is 3.26. The van der Waals surface area contributed by atoms with Crippen LogP contribution < -0.4 is 0 Å². The van der Waals surface area contributed by atoms with Gasteiger partial charge in [-0.05, 0) is 47.5 Å². The summed E-state index contributed by atoms with van der Waals surface area (Å²) in [6.45, 7) is 0. The Morgan fingerprint density at radius 3 is 2.80 bits per heavy atom. The van der Waals surface area contributed by atoms with E-state index in [1.54, 1.807) is 16.8 Å². The van der Waals surface area contributed by atoms with Crippen molar-refractivity contribution in [3.05, 3.63) is 29.3 Å². The van der Waals surface area contributed by atoms with E-state index in [0.29, 0.717) is 22.4 Å². The van der Waals surface area contributed by atoms with Gasteiger partial charge in [0.2, 0.25) is 5.16 Å². The second-order valence-corrected chi connectivity index (χ2v) is 6.27. The van der Waals surface area contributed by atoms with E-state index in [1.165, 1.54) is 11.8 Å². The summed E-state index contributed by atoms with van der Waals surface area (Å²) in [6, 6.07) is 7.29. The number of ketones is 1. The average molecular weight is 309 g/mol. The van der Waals surface area contributed by atoms with Crippen LogP contribution in [0.15, 0.2) is 29.4 Å². The number of benzene rings is 1. The Morgan fingerprint density at radius 1 is 1.25 bits per heavy atom. The predicted octanol–water partition coefficient (Wildman–Crippen LogP) is 2.92. The van der Waals surface area contributed by atoms with Crippen LogP contribution in [-0.2, 0) is 4.79 Å². The van der Waals surface area contributed by atoms with Gasteiger partial charge in [0.25, 0.3) is 0 Å². The van der Waals surface area contributed by atoms with Crippen LogP contribution in [0.3, 0.4) is 0 Å². The maximum atomic E-state index is 11.9. The monoisotopic (exact) mass is 308 g/mol. The minimum Gasteiger partial charge on any atom is -0.298 e. The van der Waals surface area contributed by atoms with Crippen molar-refractivity contribution in [2.75, 3.05) is 0 Å². The molecule has 5 nitrogen and oxygen atoms in total. The maximum Gasteiger partial charge on any atom is 0.214 e. The molecule has 0 unspecified atom stereocenters. The van der Waals surface area contributed by atoms with Crippen molar-refractivity contribution >= 4 is 29.1 Å². The van der Waals surface area contributed by atoms with Crippen LogP contribution in [0.5, 0.6) is 0 Å². The van der Waals surface area contributed by atoms with Gasteiger partial charge in [0.1, 0.15) is 5.78 Å². The Kier molecular flexibility index (Phi) is 4.03. The van der Waals surface area contributed by atoms with Crippen molar-refractivity contribution in [3.8, 4) is 5.69 Å². The zero-order valence-corrected chi connectivity index (χ0v) is 12.3. The molecule has 1 atom stereocenters. The highest BCUT2D eigenvalue weighted by Crippen LogP contribution is 2.31. The van der Waals surface area contributed by atoms with Crippen molar-refractivity contribution in [1.29, 1.82) is 0 Å². The Hall–Kier alpha value is -1.40. The number of nitrogens with zero attached hydrogens (tertiary/aromatic N) is 4. The number of aromatic nitrogens is 4. The van der Waals surface area contributed by atoms with Gasteiger partial charge in [0.15, 0.2) is 0 Å². The van der Waals surface area contributed by atoms with Gasteiger partial charge in [0, 0.05) is 11.4 Å². The number of thioether (sulfide) groups is 1.